The molecule has 0 aliphatic heterocycles. The lowest BCUT2D eigenvalue weighted by Crippen LogP contribution is -2.14. The number of carbonyl (C=O) groups excluding carboxylic acids is 1. The first-order valence-corrected chi connectivity index (χ1v) is 11.3. The Labute approximate surface area is 175 Å². The predicted molar refractivity (Wildman–Crippen MR) is 119 cm³/mol. The third-order valence-corrected chi connectivity index (χ3v) is 6.59. The van der Waals surface area contributed by atoms with Crippen molar-refractivity contribution >= 4 is 13.3 Å². The molecule has 2 aromatic carbocycles. The zero-order chi connectivity index (χ0) is 21.6. The lowest BCUT2D eigenvalue weighted by Gasteiger charge is -2.26. The van der Waals surface area contributed by atoms with Gasteiger partial charge in [0, 0.05) is 0 Å². The second-order valence-corrected chi connectivity index (χ2v) is 10.4. The normalized spacial score (nSPS) is 14.1. The molecule has 0 bridgehead atoms. The average Bonchev–Trinajstić information content (AvgIpc) is 2.69. The second-order valence-electron chi connectivity index (χ2n) is 8.70. The Hall–Kier alpha value is -2.19. The summed E-state index contributed by atoms with van der Waals surface area (Å²) in [5.74, 6) is 1.09. The Bertz CT molecular complexity index is 817. The maximum Gasteiger partial charge on any atom is 0.249 e. The molecular weight excluding hydrogens is 383 g/mol. The first-order chi connectivity index (χ1) is 13.7. The standard InChI is InChI=1S/C24H32O4P/c1-17(16-24(2,3)4)15-21(18-11-8-7-9-12-18)29(26)23(25)22-19(27-5)13-10-14-20(22)28-6/h7-14,17,21H,15-16H2,1-6H3. The third-order valence-electron chi connectivity index (χ3n) is 4.90. The van der Waals surface area contributed by atoms with Gasteiger partial charge in [0.15, 0.2) is 7.80 Å². The molecule has 0 amide bonds. The molecule has 4 nitrogen and oxygen atoms in total. The van der Waals surface area contributed by atoms with Gasteiger partial charge >= 0.3 is 0 Å². The highest BCUT2D eigenvalue weighted by Gasteiger charge is 2.32. The van der Waals surface area contributed by atoms with E-state index < -0.39 is 13.3 Å². The summed E-state index contributed by atoms with van der Waals surface area (Å²) in [6.07, 6.45) is 1.67. The van der Waals surface area contributed by atoms with Gasteiger partial charge in [0.1, 0.15) is 17.1 Å². The van der Waals surface area contributed by atoms with Crippen molar-refractivity contribution in [1.82, 2.24) is 0 Å². The number of benzene rings is 2. The van der Waals surface area contributed by atoms with Gasteiger partial charge in [-0.25, -0.2) is 0 Å². The molecule has 0 heterocycles. The second kappa shape index (κ2) is 10.0. The SMILES string of the molecule is COc1cccc(OC)c1C(=O)[P](=O)C(CC(C)CC(C)(C)C)c1ccccc1. The zero-order valence-electron chi connectivity index (χ0n) is 18.3. The molecule has 0 aliphatic carbocycles. The summed E-state index contributed by atoms with van der Waals surface area (Å²) in [6, 6.07) is 14.8. The van der Waals surface area contributed by atoms with Crippen LogP contribution < -0.4 is 9.47 Å². The van der Waals surface area contributed by atoms with E-state index in [1.807, 2.05) is 30.3 Å². The minimum atomic E-state index is -2.22. The van der Waals surface area contributed by atoms with Crippen LogP contribution in [0.15, 0.2) is 48.5 Å². The Morgan fingerprint density at radius 2 is 1.52 bits per heavy atom. The summed E-state index contributed by atoms with van der Waals surface area (Å²) in [6.45, 7) is 8.77. The molecule has 3 atom stereocenters. The minimum Gasteiger partial charge on any atom is -0.496 e. The molecule has 0 saturated heterocycles. The van der Waals surface area contributed by atoms with Crippen molar-refractivity contribution in [3.8, 4) is 11.5 Å². The van der Waals surface area contributed by atoms with E-state index >= 15 is 0 Å². The lowest BCUT2D eigenvalue weighted by atomic mass is 9.83. The van der Waals surface area contributed by atoms with Crippen LogP contribution in [0.5, 0.6) is 11.5 Å². The maximum atomic E-state index is 13.6. The van der Waals surface area contributed by atoms with Crippen molar-refractivity contribution in [1.29, 1.82) is 0 Å². The fourth-order valence-electron chi connectivity index (χ4n) is 3.87. The van der Waals surface area contributed by atoms with Crippen molar-refractivity contribution in [2.75, 3.05) is 14.2 Å². The Kier molecular flexibility index (Phi) is 7.98. The van der Waals surface area contributed by atoms with E-state index in [2.05, 4.69) is 27.7 Å². The van der Waals surface area contributed by atoms with E-state index in [1.165, 1.54) is 14.2 Å². The highest BCUT2D eigenvalue weighted by atomic mass is 31.1. The third kappa shape index (κ3) is 6.14. The van der Waals surface area contributed by atoms with Crippen LogP contribution in [0.1, 0.15) is 62.1 Å². The summed E-state index contributed by atoms with van der Waals surface area (Å²) < 4.78 is 24.3. The van der Waals surface area contributed by atoms with Crippen molar-refractivity contribution in [3.63, 3.8) is 0 Å². The van der Waals surface area contributed by atoms with Gasteiger partial charge in [-0.05, 0) is 41.9 Å². The van der Waals surface area contributed by atoms with Gasteiger partial charge in [0.25, 0.3) is 0 Å². The molecule has 2 rings (SSSR count). The summed E-state index contributed by atoms with van der Waals surface area (Å²) in [5.41, 5.74) is 0.568. The fraction of sp³-hybridized carbons (Fsp3) is 0.458. The van der Waals surface area contributed by atoms with Gasteiger partial charge in [-0.1, -0.05) is 64.1 Å². The maximum absolute atomic E-state index is 13.6. The topological polar surface area (TPSA) is 52.6 Å². The molecular formula is C24H32O4P. The quantitative estimate of drug-likeness (QED) is 0.419. The average molecular weight is 415 g/mol. The van der Waals surface area contributed by atoms with Crippen molar-refractivity contribution < 1.29 is 18.8 Å². The van der Waals surface area contributed by atoms with E-state index in [0.29, 0.717) is 23.8 Å². The molecule has 0 aromatic heterocycles. The molecule has 157 valence electrons. The molecule has 0 N–H and O–H groups in total. The molecule has 0 aliphatic rings. The number of carbonyl (C=O) groups is 1. The van der Waals surface area contributed by atoms with Crippen LogP contribution in [-0.4, -0.2) is 19.7 Å². The molecule has 3 unspecified atom stereocenters. The highest BCUT2D eigenvalue weighted by Crippen LogP contribution is 2.50. The van der Waals surface area contributed by atoms with Crippen molar-refractivity contribution in [2.24, 2.45) is 11.3 Å². The fourth-order valence-corrected chi connectivity index (χ4v) is 5.58. The molecule has 29 heavy (non-hydrogen) atoms. The molecule has 0 fully saturated rings. The number of ether oxygens (including phenoxy) is 2. The largest absolute Gasteiger partial charge is 0.496 e. The lowest BCUT2D eigenvalue weighted by molar-refractivity contribution is 0.107. The zero-order valence-corrected chi connectivity index (χ0v) is 19.2. The summed E-state index contributed by atoms with van der Waals surface area (Å²) in [5, 5.41) is 0. The monoisotopic (exact) mass is 415 g/mol. The number of hydrogen-bond donors (Lipinski definition) is 0. The first kappa shape index (κ1) is 23.1. The van der Waals surface area contributed by atoms with Gasteiger partial charge in [0.05, 0.1) is 19.9 Å². The number of hydrogen-bond acceptors (Lipinski definition) is 4. The number of methoxy groups -OCH3 is 2. The van der Waals surface area contributed by atoms with Crippen LogP contribution in [0, 0.1) is 11.3 Å². The van der Waals surface area contributed by atoms with E-state index in [4.69, 9.17) is 9.47 Å². The first-order valence-electron chi connectivity index (χ1n) is 9.94. The van der Waals surface area contributed by atoms with E-state index in [1.54, 1.807) is 18.2 Å². The molecule has 2 aromatic rings. The summed E-state index contributed by atoms with van der Waals surface area (Å²) in [4.78, 5) is 13.3. The Morgan fingerprint density at radius 3 is 2.00 bits per heavy atom. The van der Waals surface area contributed by atoms with Crippen LogP contribution >= 0.6 is 7.80 Å². The van der Waals surface area contributed by atoms with Crippen LogP contribution in [0.25, 0.3) is 0 Å². The molecule has 0 spiro atoms. The summed E-state index contributed by atoms with van der Waals surface area (Å²) >= 11 is 0. The van der Waals surface area contributed by atoms with Gasteiger partial charge < -0.3 is 9.47 Å². The van der Waals surface area contributed by atoms with Crippen LogP contribution in [0.2, 0.25) is 0 Å². The van der Waals surface area contributed by atoms with Gasteiger partial charge in [-0.3, -0.25) is 9.36 Å². The molecule has 1 radical (unpaired) electrons. The highest BCUT2D eigenvalue weighted by molar-refractivity contribution is 7.64. The van der Waals surface area contributed by atoms with E-state index in [0.717, 1.165) is 12.0 Å². The van der Waals surface area contributed by atoms with E-state index in [9.17, 15) is 9.36 Å². The van der Waals surface area contributed by atoms with E-state index in [-0.39, 0.29) is 16.6 Å². The molecule has 5 heteroatoms. The van der Waals surface area contributed by atoms with Crippen LogP contribution in [0.4, 0.5) is 0 Å². The Morgan fingerprint density at radius 1 is 0.966 bits per heavy atom. The van der Waals surface area contributed by atoms with Gasteiger partial charge in [0.2, 0.25) is 5.52 Å². The Balaban J connectivity index is 2.41. The smallest absolute Gasteiger partial charge is 0.249 e. The predicted octanol–water partition coefficient (Wildman–Crippen LogP) is 6.88. The molecule has 0 saturated carbocycles. The summed E-state index contributed by atoms with van der Waals surface area (Å²) in [7, 11) is 0.773. The van der Waals surface area contributed by atoms with Crippen LogP contribution in [-0.2, 0) is 4.57 Å². The minimum absolute atomic E-state index is 0.169. The van der Waals surface area contributed by atoms with Crippen molar-refractivity contribution in [3.05, 3.63) is 59.7 Å². The van der Waals surface area contributed by atoms with Gasteiger partial charge in [-0.15, -0.1) is 0 Å². The number of rotatable bonds is 9. The van der Waals surface area contributed by atoms with Crippen LogP contribution in [0.3, 0.4) is 0 Å². The van der Waals surface area contributed by atoms with Crippen molar-refractivity contribution in [2.45, 2.75) is 46.2 Å². The van der Waals surface area contributed by atoms with Gasteiger partial charge in [-0.2, -0.15) is 0 Å².